The molecule has 1 aliphatic heterocycles. The molecular weight excluding hydrogens is 757 g/mol. The Kier molecular flexibility index (Phi) is 38.9. The predicted molar refractivity (Wildman–Crippen MR) is 247 cm³/mol. The second-order valence-electron chi connectivity index (χ2n) is 16.2. The molecule has 6 unspecified atom stereocenters. The van der Waals surface area contributed by atoms with E-state index in [-0.39, 0.29) is 25.6 Å². The standard InChI is InChI=1S/C51H88O9/c1-3-5-7-9-11-13-15-17-19-21-22-23-24-25-26-28-30-32-34-36-38-40-47(53)59-45(44-58-51-50(56)49(55)48(54)46(42-52)60-51)43-57-41-39-37-35-33-31-29-27-20-18-16-14-12-10-8-6-4-2/h5,7,11,13,17,19,22-23,25-26,30,32,45-46,48-52,54-56H,3-4,6,8-10,12,14-16,18,20-21,24,27-29,31,33-44H2,1-2H3/b7-5-,13-11-,19-17-,23-22-,26-25-,32-30-. The van der Waals surface area contributed by atoms with E-state index >= 15 is 0 Å². The first kappa shape index (κ1) is 55.6. The summed E-state index contributed by atoms with van der Waals surface area (Å²) in [6, 6.07) is 0. The van der Waals surface area contributed by atoms with Gasteiger partial charge in [-0.15, -0.1) is 0 Å². The van der Waals surface area contributed by atoms with Crippen molar-refractivity contribution >= 4 is 5.97 Å². The molecule has 0 bridgehead atoms. The van der Waals surface area contributed by atoms with Crippen molar-refractivity contribution < 1.29 is 44.2 Å². The number of allylic oxidation sites excluding steroid dienone is 12. The summed E-state index contributed by atoms with van der Waals surface area (Å²) in [7, 11) is 0. The van der Waals surface area contributed by atoms with Crippen LogP contribution in [-0.2, 0) is 23.7 Å². The fourth-order valence-corrected chi connectivity index (χ4v) is 6.91. The third kappa shape index (κ3) is 32.4. The van der Waals surface area contributed by atoms with E-state index in [4.69, 9.17) is 18.9 Å². The van der Waals surface area contributed by atoms with Crippen molar-refractivity contribution in [1.29, 1.82) is 0 Å². The van der Waals surface area contributed by atoms with Crippen molar-refractivity contribution in [1.82, 2.24) is 0 Å². The molecule has 60 heavy (non-hydrogen) atoms. The van der Waals surface area contributed by atoms with Gasteiger partial charge in [0, 0.05) is 13.0 Å². The zero-order valence-corrected chi connectivity index (χ0v) is 37.9. The Morgan fingerprint density at radius 3 is 1.50 bits per heavy atom. The number of aliphatic hydroxyl groups is 4. The van der Waals surface area contributed by atoms with Crippen molar-refractivity contribution in [2.24, 2.45) is 0 Å². The number of ether oxygens (including phenoxy) is 4. The zero-order chi connectivity index (χ0) is 43.6. The molecule has 6 atom stereocenters. The summed E-state index contributed by atoms with van der Waals surface area (Å²) in [4.78, 5) is 12.8. The van der Waals surface area contributed by atoms with E-state index in [0.29, 0.717) is 13.0 Å². The minimum atomic E-state index is -1.55. The minimum absolute atomic E-state index is 0.125. The Morgan fingerprint density at radius 1 is 0.550 bits per heavy atom. The summed E-state index contributed by atoms with van der Waals surface area (Å²) in [5, 5.41) is 40.2. The average Bonchev–Trinajstić information content (AvgIpc) is 3.25. The smallest absolute Gasteiger partial charge is 0.306 e. The van der Waals surface area contributed by atoms with Crippen LogP contribution in [0.3, 0.4) is 0 Å². The number of carbonyl (C=O) groups excluding carboxylic acids is 1. The number of esters is 1. The molecule has 0 spiro atoms. The van der Waals surface area contributed by atoms with Crippen molar-refractivity contribution in [3.63, 3.8) is 0 Å². The average molecular weight is 845 g/mol. The maximum absolute atomic E-state index is 12.8. The van der Waals surface area contributed by atoms with Gasteiger partial charge in [-0.25, -0.2) is 0 Å². The van der Waals surface area contributed by atoms with E-state index in [2.05, 4.69) is 86.8 Å². The first-order valence-electron chi connectivity index (χ1n) is 24.0. The summed E-state index contributed by atoms with van der Waals surface area (Å²) >= 11 is 0. The molecular formula is C51H88O9. The highest BCUT2D eigenvalue weighted by Crippen LogP contribution is 2.22. The van der Waals surface area contributed by atoms with Gasteiger partial charge in [-0.2, -0.15) is 0 Å². The Hall–Kier alpha value is -2.37. The molecule has 0 radical (unpaired) electrons. The van der Waals surface area contributed by atoms with Crippen molar-refractivity contribution in [3.8, 4) is 0 Å². The second-order valence-corrected chi connectivity index (χ2v) is 16.2. The van der Waals surface area contributed by atoms with Gasteiger partial charge in [-0.1, -0.05) is 183 Å². The van der Waals surface area contributed by atoms with E-state index < -0.39 is 43.4 Å². The molecule has 0 amide bonds. The maximum atomic E-state index is 12.8. The number of hydrogen-bond acceptors (Lipinski definition) is 9. The fraction of sp³-hybridized carbons (Fsp3) is 0.745. The predicted octanol–water partition coefficient (Wildman–Crippen LogP) is 11.3. The number of hydrogen-bond donors (Lipinski definition) is 4. The van der Waals surface area contributed by atoms with Gasteiger partial charge in [0.05, 0.1) is 19.8 Å². The Labute approximate surface area is 366 Å². The number of unbranched alkanes of at least 4 members (excludes halogenated alkanes) is 17. The molecule has 0 aromatic carbocycles. The first-order chi connectivity index (χ1) is 29.4. The molecule has 0 saturated carbocycles. The molecule has 1 fully saturated rings. The summed E-state index contributed by atoms with van der Waals surface area (Å²) in [6.07, 6.45) is 47.9. The van der Waals surface area contributed by atoms with Crippen molar-refractivity contribution in [3.05, 3.63) is 72.9 Å². The lowest BCUT2D eigenvalue weighted by Gasteiger charge is -2.39. The molecule has 0 aliphatic carbocycles. The normalized spacial score (nSPS) is 20.7. The highest BCUT2D eigenvalue weighted by atomic mass is 16.7. The highest BCUT2D eigenvalue weighted by Gasteiger charge is 2.44. The van der Waals surface area contributed by atoms with Crippen LogP contribution >= 0.6 is 0 Å². The Bertz CT molecular complexity index is 1140. The molecule has 9 nitrogen and oxygen atoms in total. The summed E-state index contributed by atoms with van der Waals surface area (Å²) in [5.74, 6) is -0.355. The fourth-order valence-electron chi connectivity index (χ4n) is 6.91. The van der Waals surface area contributed by atoms with Crippen LogP contribution in [0.1, 0.15) is 181 Å². The minimum Gasteiger partial charge on any atom is -0.457 e. The van der Waals surface area contributed by atoms with Crippen LogP contribution in [0.4, 0.5) is 0 Å². The van der Waals surface area contributed by atoms with Gasteiger partial charge >= 0.3 is 5.97 Å². The summed E-state index contributed by atoms with van der Waals surface area (Å²) in [5.41, 5.74) is 0. The molecule has 0 aromatic heterocycles. The molecule has 1 saturated heterocycles. The number of rotatable bonds is 40. The van der Waals surface area contributed by atoms with Gasteiger partial charge in [0.1, 0.15) is 30.5 Å². The third-order valence-corrected chi connectivity index (χ3v) is 10.6. The topological polar surface area (TPSA) is 135 Å². The van der Waals surface area contributed by atoms with Crippen molar-refractivity contribution in [2.75, 3.05) is 26.4 Å². The van der Waals surface area contributed by atoms with Gasteiger partial charge < -0.3 is 39.4 Å². The van der Waals surface area contributed by atoms with E-state index in [0.717, 1.165) is 64.2 Å². The zero-order valence-electron chi connectivity index (χ0n) is 37.9. The van der Waals surface area contributed by atoms with Gasteiger partial charge in [0.2, 0.25) is 0 Å². The van der Waals surface area contributed by atoms with Crippen LogP contribution in [-0.4, -0.2) is 89.6 Å². The monoisotopic (exact) mass is 845 g/mol. The lowest BCUT2D eigenvalue weighted by molar-refractivity contribution is -0.305. The number of aliphatic hydroxyl groups excluding tert-OH is 4. The van der Waals surface area contributed by atoms with E-state index in [1.54, 1.807) is 0 Å². The SMILES string of the molecule is CC/C=C\C/C=C\C/C=C\C/C=C\C/C=C\C/C=C\CCCCC(=O)OC(COCCCCCCCCCCCCCCCCCC)COC1OC(CO)C(O)C(O)C1O. The molecule has 9 heteroatoms. The number of carbonyl (C=O) groups is 1. The molecule has 0 aromatic rings. The molecule has 1 heterocycles. The molecule has 4 N–H and O–H groups in total. The van der Waals surface area contributed by atoms with Crippen LogP contribution in [0, 0.1) is 0 Å². The van der Waals surface area contributed by atoms with Crippen LogP contribution in [0.15, 0.2) is 72.9 Å². The van der Waals surface area contributed by atoms with Gasteiger partial charge in [-0.05, 0) is 64.2 Å². The van der Waals surface area contributed by atoms with Crippen LogP contribution in [0.25, 0.3) is 0 Å². The van der Waals surface area contributed by atoms with E-state index in [1.807, 2.05) is 0 Å². The quantitative estimate of drug-likeness (QED) is 0.0270. The molecule has 1 aliphatic rings. The first-order valence-corrected chi connectivity index (χ1v) is 24.0. The summed E-state index contributed by atoms with van der Waals surface area (Å²) < 4.78 is 22.8. The highest BCUT2D eigenvalue weighted by molar-refractivity contribution is 5.69. The maximum Gasteiger partial charge on any atom is 0.306 e. The van der Waals surface area contributed by atoms with E-state index in [9.17, 15) is 25.2 Å². The van der Waals surface area contributed by atoms with E-state index in [1.165, 1.54) is 89.9 Å². The second kappa shape index (κ2) is 42.0. The summed E-state index contributed by atoms with van der Waals surface area (Å²) in [6.45, 7) is 4.40. The third-order valence-electron chi connectivity index (χ3n) is 10.6. The van der Waals surface area contributed by atoms with Gasteiger partial charge in [-0.3, -0.25) is 4.79 Å². The lowest BCUT2D eigenvalue weighted by atomic mass is 9.99. The molecule has 346 valence electrons. The van der Waals surface area contributed by atoms with Crippen molar-refractivity contribution in [2.45, 2.75) is 218 Å². The Morgan fingerprint density at radius 2 is 1.02 bits per heavy atom. The van der Waals surface area contributed by atoms with Crippen LogP contribution in [0.2, 0.25) is 0 Å². The molecule has 1 rings (SSSR count). The lowest BCUT2D eigenvalue weighted by Crippen LogP contribution is -2.59. The van der Waals surface area contributed by atoms with Gasteiger partial charge in [0.25, 0.3) is 0 Å². The van der Waals surface area contributed by atoms with Crippen LogP contribution < -0.4 is 0 Å². The Balaban J connectivity index is 2.29. The van der Waals surface area contributed by atoms with Crippen LogP contribution in [0.5, 0.6) is 0 Å². The van der Waals surface area contributed by atoms with Gasteiger partial charge in [0.15, 0.2) is 6.29 Å². The largest absolute Gasteiger partial charge is 0.457 e.